The van der Waals surface area contributed by atoms with Crippen LogP contribution >= 0.6 is 0 Å². The minimum Gasteiger partial charge on any atom is -0.497 e. The van der Waals surface area contributed by atoms with Crippen LogP contribution in [0.3, 0.4) is 0 Å². The fourth-order valence-electron chi connectivity index (χ4n) is 2.55. The van der Waals surface area contributed by atoms with Gasteiger partial charge in [0, 0.05) is 12.3 Å². The lowest BCUT2D eigenvalue weighted by Gasteiger charge is -2.09. The van der Waals surface area contributed by atoms with Gasteiger partial charge in [0.2, 0.25) is 5.88 Å². The summed E-state index contributed by atoms with van der Waals surface area (Å²) in [5.74, 6) is 2.09. The zero-order valence-electron chi connectivity index (χ0n) is 16.0. The van der Waals surface area contributed by atoms with Crippen LogP contribution in [-0.4, -0.2) is 29.9 Å². The summed E-state index contributed by atoms with van der Waals surface area (Å²) in [6.45, 7) is 6.49. The fraction of sp³-hybridized carbons (Fsp3) is 0.238. The number of methoxy groups -OCH3 is 1. The van der Waals surface area contributed by atoms with E-state index >= 15 is 0 Å². The average Bonchev–Trinajstić information content (AvgIpc) is 3.14. The summed E-state index contributed by atoms with van der Waals surface area (Å²) < 4.78 is 18.1. The Hall–Kier alpha value is -3.28. The number of aliphatic imine (C=N–C) groups is 1. The Kier molecular flexibility index (Phi) is 5.76. The van der Waals surface area contributed by atoms with Gasteiger partial charge in [0.1, 0.15) is 11.5 Å². The monoisotopic (exact) mass is 365 g/mol. The Bertz CT molecular complexity index is 930. The molecule has 0 saturated heterocycles. The second kappa shape index (κ2) is 8.40. The first-order chi connectivity index (χ1) is 13.1. The van der Waals surface area contributed by atoms with Gasteiger partial charge in [-0.2, -0.15) is 0 Å². The molecule has 0 aliphatic rings. The molecule has 6 heteroatoms. The highest BCUT2D eigenvalue weighted by molar-refractivity contribution is 5.61. The maximum absolute atomic E-state index is 5.98. The van der Waals surface area contributed by atoms with Gasteiger partial charge in [-0.1, -0.05) is 0 Å². The first-order valence-corrected chi connectivity index (χ1v) is 8.74. The Morgan fingerprint density at radius 3 is 2.56 bits per heavy atom. The summed E-state index contributed by atoms with van der Waals surface area (Å²) in [5, 5.41) is 4.49. The lowest BCUT2D eigenvalue weighted by atomic mass is 10.1. The first-order valence-electron chi connectivity index (χ1n) is 8.74. The number of benzene rings is 2. The zero-order chi connectivity index (χ0) is 19.2. The van der Waals surface area contributed by atoms with Gasteiger partial charge in [-0.25, -0.2) is 9.67 Å². The van der Waals surface area contributed by atoms with Crippen LogP contribution in [0, 0.1) is 13.8 Å². The van der Waals surface area contributed by atoms with Crippen molar-refractivity contribution >= 4 is 12.1 Å². The molecule has 3 aromatic rings. The van der Waals surface area contributed by atoms with Crippen LogP contribution in [-0.2, 0) is 4.74 Å². The highest BCUT2D eigenvalue weighted by atomic mass is 16.5. The van der Waals surface area contributed by atoms with Gasteiger partial charge in [-0.3, -0.25) is 0 Å². The van der Waals surface area contributed by atoms with Crippen LogP contribution in [0.25, 0.3) is 5.69 Å². The van der Waals surface area contributed by atoms with E-state index in [0.717, 1.165) is 34.0 Å². The summed E-state index contributed by atoms with van der Waals surface area (Å²) in [7, 11) is 1.65. The Balaban J connectivity index is 1.77. The molecule has 0 radical (unpaired) electrons. The van der Waals surface area contributed by atoms with Crippen molar-refractivity contribution in [2.45, 2.75) is 20.8 Å². The molecule has 0 saturated carbocycles. The van der Waals surface area contributed by atoms with Crippen LogP contribution in [0.1, 0.15) is 18.1 Å². The summed E-state index contributed by atoms with van der Waals surface area (Å²) in [6, 6.07) is 13.4. The van der Waals surface area contributed by atoms with Crippen LogP contribution in [0.4, 0.5) is 5.69 Å². The molecular weight excluding hydrogens is 342 g/mol. The van der Waals surface area contributed by atoms with Crippen molar-refractivity contribution in [3.8, 4) is 23.1 Å². The Morgan fingerprint density at radius 1 is 1.07 bits per heavy atom. The molecule has 1 aromatic heterocycles. The van der Waals surface area contributed by atoms with Crippen molar-refractivity contribution in [1.29, 1.82) is 0 Å². The molecule has 0 fully saturated rings. The third-order valence-electron chi connectivity index (χ3n) is 4.04. The smallest absolute Gasteiger partial charge is 0.238 e. The van der Waals surface area contributed by atoms with Crippen LogP contribution in [0.5, 0.6) is 17.4 Å². The van der Waals surface area contributed by atoms with E-state index < -0.39 is 0 Å². The molecule has 0 N–H and O–H groups in total. The van der Waals surface area contributed by atoms with E-state index in [0.29, 0.717) is 12.5 Å². The van der Waals surface area contributed by atoms with Crippen molar-refractivity contribution in [2.24, 2.45) is 4.99 Å². The lowest BCUT2D eigenvalue weighted by molar-refractivity contribution is 0.344. The molecule has 0 amide bonds. The minimum absolute atomic E-state index is 0.527. The third kappa shape index (κ3) is 4.47. The molecule has 2 aromatic carbocycles. The van der Waals surface area contributed by atoms with E-state index in [1.54, 1.807) is 11.8 Å². The van der Waals surface area contributed by atoms with E-state index in [1.807, 2.05) is 69.4 Å². The molecule has 0 aliphatic carbocycles. The van der Waals surface area contributed by atoms with Gasteiger partial charge < -0.3 is 14.2 Å². The van der Waals surface area contributed by atoms with E-state index in [2.05, 4.69) is 10.1 Å². The van der Waals surface area contributed by atoms with E-state index in [9.17, 15) is 0 Å². The Morgan fingerprint density at radius 2 is 1.85 bits per heavy atom. The van der Waals surface area contributed by atoms with Gasteiger partial charge in [0.15, 0.2) is 6.40 Å². The quantitative estimate of drug-likeness (QED) is 0.437. The minimum atomic E-state index is 0.527. The van der Waals surface area contributed by atoms with Crippen LogP contribution < -0.4 is 9.47 Å². The maximum atomic E-state index is 5.98. The third-order valence-corrected chi connectivity index (χ3v) is 4.04. The molecule has 6 nitrogen and oxygen atoms in total. The number of aromatic nitrogens is 2. The molecule has 1 heterocycles. The number of hydrogen-bond acceptors (Lipinski definition) is 5. The number of ether oxygens (including phenoxy) is 3. The van der Waals surface area contributed by atoms with Gasteiger partial charge in [-0.15, -0.1) is 5.10 Å². The van der Waals surface area contributed by atoms with Crippen molar-refractivity contribution in [3.63, 3.8) is 0 Å². The summed E-state index contributed by atoms with van der Waals surface area (Å²) in [6.07, 6.45) is 3.33. The van der Waals surface area contributed by atoms with Gasteiger partial charge >= 0.3 is 0 Å². The predicted molar refractivity (Wildman–Crippen MR) is 106 cm³/mol. The second-order valence-electron chi connectivity index (χ2n) is 5.99. The van der Waals surface area contributed by atoms with Crippen molar-refractivity contribution in [1.82, 2.24) is 9.78 Å². The number of aryl methyl sites for hydroxylation is 2. The topological polar surface area (TPSA) is 57.9 Å². The Labute approximate surface area is 159 Å². The normalized spacial score (nSPS) is 11.0. The van der Waals surface area contributed by atoms with E-state index in [-0.39, 0.29) is 0 Å². The largest absolute Gasteiger partial charge is 0.497 e. The maximum Gasteiger partial charge on any atom is 0.238 e. The highest BCUT2D eigenvalue weighted by Gasteiger charge is 2.09. The van der Waals surface area contributed by atoms with Crippen molar-refractivity contribution in [2.75, 3.05) is 13.7 Å². The average molecular weight is 365 g/mol. The fourth-order valence-corrected chi connectivity index (χ4v) is 2.55. The number of hydrogen-bond donors (Lipinski definition) is 0. The summed E-state index contributed by atoms with van der Waals surface area (Å²) in [4.78, 5) is 4.33. The molecule has 0 bridgehead atoms. The van der Waals surface area contributed by atoms with Gasteiger partial charge in [0.25, 0.3) is 0 Å². The van der Waals surface area contributed by atoms with Gasteiger partial charge in [-0.05, 0) is 68.3 Å². The highest BCUT2D eigenvalue weighted by Crippen LogP contribution is 2.31. The summed E-state index contributed by atoms with van der Waals surface area (Å²) in [5.41, 5.74) is 3.76. The predicted octanol–water partition coefficient (Wildman–Crippen LogP) is 4.99. The SMILES string of the molecule is CCOC=Nc1cc(C)c(Oc2ccn(-c3ccc(OC)cc3)n2)cc1C. The number of nitrogens with zero attached hydrogens (tertiary/aromatic N) is 3. The summed E-state index contributed by atoms with van der Waals surface area (Å²) >= 11 is 0. The zero-order valence-corrected chi connectivity index (χ0v) is 16.0. The molecular formula is C21H23N3O3. The molecule has 0 atom stereocenters. The van der Waals surface area contributed by atoms with E-state index in [4.69, 9.17) is 14.2 Å². The second-order valence-corrected chi connectivity index (χ2v) is 5.99. The van der Waals surface area contributed by atoms with Crippen molar-refractivity contribution < 1.29 is 14.2 Å². The standard InChI is InChI=1S/C21H23N3O3/c1-5-26-14-22-19-12-16(3)20(13-15(19)2)27-21-10-11-24(23-21)17-6-8-18(25-4)9-7-17/h6-14H,5H2,1-4H3. The molecule has 27 heavy (non-hydrogen) atoms. The molecule has 3 rings (SSSR count). The van der Waals surface area contributed by atoms with Crippen LogP contribution in [0.2, 0.25) is 0 Å². The number of rotatable bonds is 7. The molecule has 140 valence electrons. The van der Waals surface area contributed by atoms with E-state index in [1.165, 1.54) is 6.40 Å². The first kappa shape index (κ1) is 18.5. The molecule has 0 aliphatic heterocycles. The lowest BCUT2D eigenvalue weighted by Crippen LogP contribution is -1.96. The molecule has 0 unspecified atom stereocenters. The van der Waals surface area contributed by atoms with Crippen molar-refractivity contribution in [3.05, 3.63) is 59.8 Å². The van der Waals surface area contributed by atoms with Crippen LogP contribution in [0.15, 0.2) is 53.7 Å². The van der Waals surface area contributed by atoms with Gasteiger partial charge in [0.05, 0.1) is 25.1 Å². The molecule has 0 spiro atoms.